The van der Waals surface area contributed by atoms with Crippen LogP contribution in [0, 0.1) is 5.82 Å². The lowest BCUT2D eigenvalue weighted by molar-refractivity contribution is 0.0955. The molecule has 0 fully saturated rings. The highest BCUT2D eigenvalue weighted by Crippen LogP contribution is 2.28. The van der Waals surface area contributed by atoms with Crippen LogP contribution < -0.4 is 11.1 Å². The van der Waals surface area contributed by atoms with Crippen LogP contribution in [-0.2, 0) is 13.0 Å². The molecule has 6 nitrogen and oxygen atoms in total. The van der Waals surface area contributed by atoms with Crippen molar-refractivity contribution in [3.63, 3.8) is 0 Å². The minimum absolute atomic E-state index is 0.240. The van der Waals surface area contributed by atoms with Crippen molar-refractivity contribution in [1.82, 2.24) is 19.9 Å². The molecule has 4 rings (SSSR count). The number of aryl methyl sites for hydroxylation is 2. The lowest BCUT2D eigenvalue weighted by atomic mass is 10.1. The van der Waals surface area contributed by atoms with E-state index < -0.39 is 0 Å². The van der Waals surface area contributed by atoms with Gasteiger partial charge in [0, 0.05) is 13.1 Å². The zero-order valence-electron chi connectivity index (χ0n) is 16.9. The van der Waals surface area contributed by atoms with Gasteiger partial charge in [0.2, 0.25) is 0 Å². The Balaban J connectivity index is 1.77. The maximum atomic E-state index is 13.2. The molecule has 7 heteroatoms. The molecule has 0 aliphatic heterocycles. The Bertz CT molecular complexity index is 1200. The summed E-state index contributed by atoms with van der Waals surface area (Å²) in [5, 5.41) is 2.93. The van der Waals surface area contributed by atoms with Crippen LogP contribution in [0.1, 0.15) is 35.7 Å². The molecule has 0 saturated carbocycles. The first-order valence-electron chi connectivity index (χ1n) is 10.2. The van der Waals surface area contributed by atoms with Crippen LogP contribution >= 0.6 is 0 Å². The number of amides is 1. The Morgan fingerprint density at radius 3 is 2.50 bits per heavy atom. The predicted molar refractivity (Wildman–Crippen MR) is 117 cm³/mol. The highest BCUT2D eigenvalue weighted by atomic mass is 19.1. The summed E-state index contributed by atoms with van der Waals surface area (Å²) >= 11 is 0. The highest BCUT2D eigenvalue weighted by molar-refractivity contribution is 6.10. The largest absolute Gasteiger partial charge is 0.384 e. The first-order chi connectivity index (χ1) is 14.6. The number of hydrogen-bond acceptors (Lipinski definition) is 4. The number of nitrogen functional groups attached to an aromatic ring is 1. The normalized spacial score (nSPS) is 11.3. The Hall–Kier alpha value is -3.48. The van der Waals surface area contributed by atoms with Gasteiger partial charge in [0.05, 0.1) is 11.0 Å². The maximum absolute atomic E-state index is 13.2. The molecule has 154 valence electrons. The number of carbonyl (C=O) groups is 1. The third-order valence-corrected chi connectivity index (χ3v) is 5.17. The summed E-state index contributed by atoms with van der Waals surface area (Å²) in [6.45, 7) is 3.15. The molecule has 0 saturated heterocycles. The van der Waals surface area contributed by atoms with Crippen LogP contribution in [-0.4, -0.2) is 27.0 Å². The number of aromatic nitrogens is 3. The quantitative estimate of drug-likeness (QED) is 0.454. The molecular formula is C23H24FN5O. The van der Waals surface area contributed by atoms with Gasteiger partial charge in [-0.1, -0.05) is 37.6 Å². The number of nitrogens with two attached hydrogens (primary N) is 1. The average molecular weight is 405 g/mol. The first-order valence-corrected chi connectivity index (χ1v) is 10.2. The van der Waals surface area contributed by atoms with Crippen molar-refractivity contribution < 1.29 is 9.18 Å². The number of rotatable bonds is 7. The summed E-state index contributed by atoms with van der Waals surface area (Å²) in [7, 11) is 0. The third kappa shape index (κ3) is 3.83. The van der Waals surface area contributed by atoms with Crippen molar-refractivity contribution in [1.29, 1.82) is 0 Å². The number of carbonyl (C=O) groups excluding carboxylic acids is 1. The van der Waals surface area contributed by atoms with E-state index in [9.17, 15) is 9.18 Å². The number of hydrogen-bond donors (Lipinski definition) is 2. The van der Waals surface area contributed by atoms with Crippen molar-refractivity contribution in [2.45, 2.75) is 32.7 Å². The summed E-state index contributed by atoms with van der Waals surface area (Å²) in [5.41, 5.74) is 10.3. The fraction of sp³-hybridized carbons (Fsp3) is 0.261. The van der Waals surface area contributed by atoms with Crippen LogP contribution in [0.3, 0.4) is 0 Å². The van der Waals surface area contributed by atoms with Gasteiger partial charge < -0.3 is 15.6 Å². The Morgan fingerprint density at radius 1 is 1.10 bits per heavy atom. The van der Waals surface area contributed by atoms with E-state index in [1.165, 1.54) is 12.1 Å². The van der Waals surface area contributed by atoms with Gasteiger partial charge in [0.1, 0.15) is 22.7 Å². The van der Waals surface area contributed by atoms with Gasteiger partial charge in [-0.25, -0.2) is 14.4 Å². The standard InChI is InChI=1S/C23H24FN5O/c1-2-3-13-26-23(30)19-20-22(28-18-7-5-4-6-17(18)27-20)29(21(19)25)14-12-15-8-10-16(24)11-9-15/h4-11H,2-3,12-14,25H2,1H3,(H,26,30). The second kappa shape index (κ2) is 8.49. The smallest absolute Gasteiger partial charge is 0.257 e. The van der Waals surface area contributed by atoms with Crippen LogP contribution in [0.5, 0.6) is 0 Å². The van der Waals surface area contributed by atoms with Crippen molar-refractivity contribution >= 4 is 33.9 Å². The number of unbranched alkanes of at least 4 members (excludes halogenated alkanes) is 1. The van der Waals surface area contributed by atoms with Crippen LogP contribution in [0.4, 0.5) is 10.2 Å². The number of para-hydroxylation sites is 2. The van der Waals surface area contributed by atoms with E-state index in [0.717, 1.165) is 23.9 Å². The van der Waals surface area contributed by atoms with Crippen molar-refractivity contribution in [2.75, 3.05) is 12.3 Å². The number of benzene rings is 2. The number of fused-ring (bicyclic) bond motifs is 2. The summed E-state index contributed by atoms with van der Waals surface area (Å²) in [6, 6.07) is 13.9. The molecule has 4 aromatic rings. The van der Waals surface area contributed by atoms with E-state index in [-0.39, 0.29) is 11.7 Å². The van der Waals surface area contributed by atoms with Crippen molar-refractivity contribution in [3.8, 4) is 0 Å². The topological polar surface area (TPSA) is 85.8 Å². The van der Waals surface area contributed by atoms with E-state index in [2.05, 4.69) is 12.2 Å². The summed E-state index contributed by atoms with van der Waals surface area (Å²) in [6.07, 6.45) is 2.50. The number of anilines is 1. The predicted octanol–water partition coefficient (Wildman–Crippen LogP) is 4.08. The van der Waals surface area contributed by atoms with Crippen LogP contribution in [0.15, 0.2) is 48.5 Å². The molecule has 30 heavy (non-hydrogen) atoms. The van der Waals surface area contributed by atoms with E-state index in [1.807, 2.05) is 28.8 Å². The summed E-state index contributed by atoms with van der Waals surface area (Å²) < 4.78 is 15.0. The van der Waals surface area contributed by atoms with E-state index >= 15 is 0 Å². The van der Waals surface area contributed by atoms with Gasteiger partial charge in [-0.05, 0) is 42.7 Å². The molecule has 3 N–H and O–H groups in total. The molecule has 2 aromatic carbocycles. The molecule has 0 atom stereocenters. The molecule has 0 radical (unpaired) electrons. The zero-order chi connectivity index (χ0) is 21.1. The minimum Gasteiger partial charge on any atom is -0.384 e. The van der Waals surface area contributed by atoms with E-state index in [0.29, 0.717) is 47.6 Å². The lowest BCUT2D eigenvalue weighted by Gasteiger charge is -2.08. The third-order valence-electron chi connectivity index (χ3n) is 5.17. The SMILES string of the molecule is CCCCNC(=O)c1c(N)n(CCc2ccc(F)cc2)c2nc3ccccc3nc12. The molecule has 1 amide bonds. The van der Waals surface area contributed by atoms with Gasteiger partial charge in [-0.3, -0.25) is 4.79 Å². The number of nitrogens with zero attached hydrogens (tertiary/aromatic N) is 3. The first kappa shape index (κ1) is 19.8. The highest BCUT2D eigenvalue weighted by Gasteiger charge is 2.23. The second-order valence-corrected chi connectivity index (χ2v) is 7.28. The maximum Gasteiger partial charge on any atom is 0.257 e. The van der Waals surface area contributed by atoms with Crippen LogP contribution in [0.2, 0.25) is 0 Å². The molecule has 0 unspecified atom stereocenters. The monoisotopic (exact) mass is 405 g/mol. The second-order valence-electron chi connectivity index (χ2n) is 7.28. The molecular weight excluding hydrogens is 381 g/mol. The van der Waals surface area contributed by atoms with Gasteiger partial charge in [0.15, 0.2) is 5.65 Å². The lowest BCUT2D eigenvalue weighted by Crippen LogP contribution is -2.25. The molecule has 2 aromatic heterocycles. The summed E-state index contributed by atoms with van der Waals surface area (Å²) in [5.74, 6) is -0.166. The Morgan fingerprint density at radius 2 is 1.80 bits per heavy atom. The minimum atomic E-state index is -0.270. The number of halogens is 1. The zero-order valence-corrected chi connectivity index (χ0v) is 16.9. The fourth-order valence-electron chi connectivity index (χ4n) is 3.53. The molecule has 0 bridgehead atoms. The molecule has 0 aliphatic rings. The average Bonchev–Trinajstić information content (AvgIpc) is 3.02. The van der Waals surface area contributed by atoms with Gasteiger partial charge in [-0.2, -0.15) is 0 Å². The Labute approximate surface area is 173 Å². The van der Waals surface area contributed by atoms with Gasteiger partial charge in [-0.15, -0.1) is 0 Å². The summed E-state index contributed by atoms with van der Waals surface area (Å²) in [4.78, 5) is 22.3. The number of nitrogens with one attached hydrogen (secondary N) is 1. The molecule has 0 spiro atoms. The van der Waals surface area contributed by atoms with Gasteiger partial charge >= 0.3 is 0 Å². The molecule has 0 aliphatic carbocycles. The fourth-order valence-corrected chi connectivity index (χ4v) is 3.53. The Kier molecular flexibility index (Phi) is 5.61. The van der Waals surface area contributed by atoms with Crippen molar-refractivity contribution in [3.05, 3.63) is 65.5 Å². The van der Waals surface area contributed by atoms with E-state index in [1.54, 1.807) is 12.1 Å². The van der Waals surface area contributed by atoms with Crippen molar-refractivity contribution in [2.24, 2.45) is 0 Å². The van der Waals surface area contributed by atoms with Gasteiger partial charge in [0.25, 0.3) is 5.91 Å². The molecule has 2 heterocycles. The van der Waals surface area contributed by atoms with Crippen LogP contribution in [0.25, 0.3) is 22.2 Å². The van der Waals surface area contributed by atoms with E-state index in [4.69, 9.17) is 15.7 Å².